The molecule has 0 spiro atoms. The molecule has 1 amide bonds. The van der Waals surface area contributed by atoms with Gasteiger partial charge in [-0.05, 0) is 38.1 Å². The van der Waals surface area contributed by atoms with Crippen LogP contribution in [0.25, 0.3) is 10.9 Å². The summed E-state index contributed by atoms with van der Waals surface area (Å²) in [6.45, 7) is 1.98. The van der Waals surface area contributed by atoms with Gasteiger partial charge in [0, 0.05) is 31.6 Å². The monoisotopic (exact) mass is 475 g/mol. The Labute approximate surface area is 197 Å². The van der Waals surface area contributed by atoms with E-state index in [-0.39, 0.29) is 16.8 Å². The lowest BCUT2D eigenvalue weighted by Crippen LogP contribution is -2.35. The number of carbonyl (C=O) groups excluding carboxylic acids is 1. The van der Waals surface area contributed by atoms with Crippen molar-refractivity contribution in [3.05, 3.63) is 47.5 Å². The van der Waals surface area contributed by atoms with Crippen LogP contribution >= 0.6 is 11.6 Å². The van der Waals surface area contributed by atoms with Gasteiger partial charge in [0.15, 0.2) is 17.3 Å². The maximum atomic E-state index is 14.3. The molecule has 2 heterocycles. The Hall–Kier alpha value is -3.17. The van der Waals surface area contributed by atoms with Crippen molar-refractivity contribution in [2.45, 2.75) is 18.9 Å². The summed E-state index contributed by atoms with van der Waals surface area (Å²) in [5.74, 6) is 1.17. The van der Waals surface area contributed by atoms with Gasteiger partial charge >= 0.3 is 0 Å². The van der Waals surface area contributed by atoms with Gasteiger partial charge in [-0.25, -0.2) is 14.4 Å². The molecule has 1 saturated heterocycles. The molecule has 1 fully saturated rings. The van der Waals surface area contributed by atoms with Crippen LogP contribution in [0.4, 0.5) is 15.9 Å². The van der Waals surface area contributed by atoms with Crippen LogP contribution in [0.2, 0.25) is 5.02 Å². The molecule has 0 bridgehead atoms. The highest BCUT2D eigenvalue weighted by molar-refractivity contribution is 6.31. The van der Waals surface area contributed by atoms with E-state index in [2.05, 4.69) is 32.5 Å². The molecule has 2 aromatic carbocycles. The molecule has 33 heavy (non-hydrogen) atoms. The number of halogens is 2. The van der Waals surface area contributed by atoms with Gasteiger partial charge in [-0.1, -0.05) is 17.7 Å². The molecule has 0 radical (unpaired) electrons. The van der Waals surface area contributed by atoms with E-state index >= 15 is 0 Å². The first-order valence-corrected chi connectivity index (χ1v) is 10.8. The van der Waals surface area contributed by atoms with Gasteiger partial charge in [0.05, 0.1) is 23.3 Å². The number of hydrogen-bond acceptors (Lipinski definition) is 7. The molecular weight excluding hydrogens is 449 g/mol. The second kappa shape index (κ2) is 11.6. The average Bonchev–Trinajstić information content (AvgIpc) is 2.83. The van der Waals surface area contributed by atoms with Gasteiger partial charge in [0.2, 0.25) is 6.41 Å². The average molecular weight is 476 g/mol. The highest BCUT2D eigenvalue weighted by Gasteiger charge is 2.21. The van der Waals surface area contributed by atoms with Crippen molar-refractivity contribution in [3.63, 3.8) is 0 Å². The Morgan fingerprint density at radius 1 is 1.21 bits per heavy atom. The third kappa shape index (κ3) is 6.21. The van der Waals surface area contributed by atoms with E-state index in [1.54, 1.807) is 32.4 Å². The molecule has 4 rings (SSSR count). The molecule has 1 aromatic heterocycles. The van der Waals surface area contributed by atoms with Crippen LogP contribution in [0, 0.1) is 5.82 Å². The van der Waals surface area contributed by atoms with Crippen molar-refractivity contribution >= 4 is 40.4 Å². The zero-order valence-electron chi connectivity index (χ0n) is 18.8. The molecule has 0 atom stereocenters. The Kier molecular flexibility index (Phi) is 8.62. The van der Waals surface area contributed by atoms with Crippen LogP contribution in [-0.2, 0) is 4.79 Å². The molecule has 0 unspecified atom stereocenters. The lowest BCUT2D eigenvalue weighted by atomic mass is 10.1. The number of methoxy groups -OCH3 is 1. The number of piperidine rings is 1. The first-order chi connectivity index (χ1) is 16.0. The second-order valence-electron chi connectivity index (χ2n) is 7.50. The number of anilines is 2. The third-order valence-corrected chi connectivity index (χ3v) is 5.49. The Morgan fingerprint density at radius 3 is 2.61 bits per heavy atom. The predicted octanol–water partition coefficient (Wildman–Crippen LogP) is 4.01. The molecule has 8 nitrogen and oxygen atoms in total. The van der Waals surface area contributed by atoms with E-state index in [0.29, 0.717) is 34.6 Å². The van der Waals surface area contributed by atoms with E-state index in [1.807, 2.05) is 6.07 Å². The number of aromatic nitrogens is 2. The van der Waals surface area contributed by atoms with Crippen molar-refractivity contribution in [1.29, 1.82) is 0 Å². The lowest BCUT2D eigenvalue weighted by molar-refractivity contribution is -0.109. The van der Waals surface area contributed by atoms with E-state index < -0.39 is 5.82 Å². The molecule has 0 saturated carbocycles. The number of ether oxygens (including phenoxy) is 2. The fraction of sp³-hybridized carbons (Fsp3) is 0.348. The summed E-state index contributed by atoms with van der Waals surface area (Å²) in [4.78, 5) is 20.0. The number of rotatable bonds is 6. The smallest absolute Gasteiger partial charge is 0.206 e. The van der Waals surface area contributed by atoms with Crippen LogP contribution in [0.15, 0.2) is 36.7 Å². The fourth-order valence-corrected chi connectivity index (χ4v) is 3.60. The summed E-state index contributed by atoms with van der Waals surface area (Å²) in [6, 6.07) is 8.43. The molecule has 0 aliphatic carbocycles. The van der Waals surface area contributed by atoms with Crippen LogP contribution < -0.4 is 20.1 Å². The largest absolute Gasteiger partial charge is 0.493 e. The minimum Gasteiger partial charge on any atom is -0.493 e. The van der Waals surface area contributed by atoms with E-state index in [4.69, 9.17) is 25.9 Å². The Balaban J connectivity index is 0.000000709. The number of benzene rings is 2. The fourth-order valence-electron chi connectivity index (χ4n) is 3.43. The zero-order valence-corrected chi connectivity index (χ0v) is 19.5. The van der Waals surface area contributed by atoms with Crippen LogP contribution in [-0.4, -0.2) is 61.7 Å². The molecule has 3 aromatic rings. The quantitative estimate of drug-likeness (QED) is 0.521. The number of amides is 1. The van der Waals surface area contributed by atoms with Gasteiger partial charge in [0.1, 0.15) is 18.2 Å². The standard InChI is InChI=1S/C21H22ClFN4O2.C2H5NO/c1-27-8-6-13(7-9-27)29-19-10-14-17(11-18(19)28-2)24-12-25-21(14)26-16-5-3-4-15(22)20(16)23;1-3-2-4/h3-5,10-13H,6-9H2,1-2H3,(H,24,25,26);2H,1H3,(H,3,4). The number of hydrogen-bond donors (Lipinski definition) is 2. The number of fused-ring (bicyclic) bond motifs is 1. The number of carbonyl (C=O) groups is 1. The van der Waals surface area contributed by atoms with Gasteiger partial charge in [0.25, 0.3) is 0 Å². The van der Waals surface area contributed by atoms with Gasteiger partial charge in [-0.2, -0.15) is 0 Å². The highest BCUT2D eigenvalue weighted by Crippen LogP contribution is 2.36. The predicted molar refractivity (Wildman–Crippen MR) is 127 cm³/mol. The topological polar surface area (TPSA) is 88.6 Å². The lowest BCUT2D eigenvalue weighted by Gasteiger charge is -2.29. The first kappa shape index (κ1) is 24.5. The molecule has 2 N–H and O–H groups in total. The van der Waals surface area contributed by atoms with Gasteiger partial charge in [-0.15, -0.1) is 0 Å². The number of nitrogens with one attached hydrogen (secondary N) is 2. The van der Waals surface area contributed by atoms with Crippen LogP contribution in [0.1, 0.15) is 12.8 Å². The maximum Gasteiger partial charge on any atom is 0.206 e. The highest BCUT2D eigenvalue weighted by atomic mass is 35.5. The molecule has 10 heteroatoms. The van der Waals surface area contributed by atoms with Gasteiger partial charge < -0.3 is 25.0 Å². The first-order valence-electron chi connectivity index (χ1n) is 10.5. The number of likely N-dealkylation sites (tertiary alicyclic amines) is 1. The number of nitrogens with zero attached hydrogens (tertiary/aromatic N) is 3. The van der Waals surface area contributed by atoms with Crippen molar-refractivity contribution < 1.29 is 18.7 Å². The Bertz CT molecular complexity index is 1090. The SMILES string of the molecule is CNC=O.COc1cc2ncnc(Nc3cccc(Cl)c3F)c2cc1OC1CCN(C)CC1. The zero-order chi connectivity index (χ0) is 23.8. The summed E-state index contributed by atoms with van der Waals surface area (Å²) >= 11 is 5.89. The van der Waals surface area contributed by atoms with Crippen molar-refractivity contribution in [1.82, 2.24) is 20.2 Å². The van der Waals surface area contributed by atoms with Crippen molar-refractivity contribution in [3.8, 4) is 11.5 Å². The minimum absolute atomic E-state index is 0.0429. The van der Waals surface area contributed by atoms with E-state index in [9.17, 15) is 4.39 Å². The summed E-state index contributed by atoms with van der Waals surface area (Å²) in [5.41, 5.74) is 0.906. The summed E-state index contributed by atoms with van der Waals surface area (Å²) in [7, 11) is 5.27. The van der Waals surface area contributed by atoms with Crippen molar-refractivity contribution in [2.24, 2.45) is 0 Å². The van der Waals surface area contributed by atoms with E-state index in [1.165, 1.54) is 12.4 Å². The summed E-state index contributed by atoms with van der Waals surface area (Å²) in [5, 5.41) is 6.01. The molecular formula is C23H27ClFN5O3. The molecule has 1 aliphatic rings. The Morgan fingerprint density at radius 2 is 1.94 bits per heavy atom. The summed E-state index contributed by atoms with van der Waals surface area (Å²) < 4.78 is 26.1. The van der Waals surface area contributed by atoms with Gasteiger partial charge in [-0.3, -0.25) is 4.79 Å². The minimum atomic E-state index is -0.530. The van der Waals surface area contributed by atoms with Crippen LogP contribution in [0.5, 0.6) is 11.5 Å². The molecule has 176 valence electrons. The summed E-state index contributed by atoms with van der Waals surface area (Å²) in [6.07, 6.45) is 4.05. The van der Waals surface area contributed by atoms with Crippen LogP contribution in [0.3, 0.4) is 0 Å². The molecule has 1 aliphatic heterocycles. The maximum absolute atomic E-state index is 14.3. The van der Waals surface area contributed by atoms with E-state index in [0.717, 1.165) is 25.9 Å². The second-order valence-corrected chi connectivity index (χ2v) is 7.90. The normalized spacial score (nSPS) is 14.2. The third-order valence-electron chi connectivity index (χ3n) is 5.20. The van der Waals surface area contributed by atoms with Crippen molar-refractivity contribution in [2.75, 3.05) is 39.6 Å².